The average Bonchev–Trinajstić information content (AvgIpc) is 3.10. The second-order valence-electron chi connectivity index (χ2n) is 8.35. The van der Waals surface area contributed by atoms with Crippen molar-refractivity contribution in [3.05, 3.63) is 35.9 Å². The van der Waals surface area contributed by atoms with Gasteiger partial charge in [-0.2, -0.15) is 0 Å². The molecule has 3 heterocycles. The standard InChI is InChI=1S/C20H24N4O5/c1-19(2)16(26)23(17(27)21-19)11-15(25)22-8-9-24-18(28)29-13-20(24,12-22)10-14-6-4-3-5-7-14/h3-7H,8-13H2,1-2H3,(H,21,27). The molecule has 3 aliphatic heterocycles. The molecular formula is C20H24N4O5. The lowest BCUT2D eigenvalue weighted by molar-refractivity contribution is -0.140. The Labute approximate surface area is 168 Å². The predicted molar refractivity (Wildman–Crippen MR) is 102 cm³/mol. The van der Waals surface area contributed by atoms with Crippen molar-refractivity contribution in [1.29, 1.82) is 0 Å². The van der Waals surface area contributed by atoms with E-state index in [1.807, 2.05) is 30.3 Å². The first-order valence-electron chi connectivity index (χ1n) is 9.62. The van der Waals surface area contributed by atoms with Gasteiger partial charge in [-0.05, 0) is 19.4 Å². The molecular weight excluding hydrogens is 376 g/mol. The highest BCUT2D eigenvalue weighted by atomic mass is 16.6. The van der Waals surface area contributed by atoms with Crippen LogP contribution in [0.25, 0.3) is 0 Å². The van der Waals surface area contributed by atoms with E-state index in [0.717, 1.165) is 10.5 Å². The number of hydrogen-bond donors (Lipinski definition) is 1. The van der Waals surface area contributed by atoms with Crippen molar-refractivity contribution in [2.75, 3.05) is 32.8 Å². The van der Waals surface area contributed by atoms with Crippen molar-refractivity contribution in [2.45, 2.75) is 31.3 Å². The minimum atomic E-state index is -1.02. The van der Waals surface area contributed by atoms with Gasteiger partial charge in [-0.15, -0.1) is 0 Å². The quantitative estimate of drug-likeness (QED) is 0.746. The van der Waals surface area contributed by atoms with Crippen LogP contribution in [0.2, 0.25) is 0 Å². The van der Waals surface area contributed by atoms with Crippen molar-refractivity contribution in [1.82, 2.24) is 20.0 Å². The number of cyclic esters (lactones) is 1. The second kappa shape index (κ2) is 6.75. The van der Waals surface area contributed by atoms with Gasteiger partial charge in [0, 0.05) is 26.1 Å². The molecule has 1 N–H and O–H groups in total. The number of amides is 5. The Morgan fingerprint density at radius 2 is 1.86 bits per heavy atom. The normalized spacial score (nSPS) is 25.7. The third-order valence-electron chi connectivity index (χ3n) is 5.80. The first-order valence-corrected chi connectivity index (χ1v) is 9.62. The van der Waals surface area contributed by atoms with E-state index < -0.39 is 23.0 Å². The van der Waals surface area contributed by atoms with Crippen LogP contribution < -0.4 is 5.32 Å². The number of carbonyl (C=O) groups excluding carboxylic acids is 4. The van der Waals surface area contributed by atoms with Crippen LogP contribution in [0.4, 0.5) is 9.59 Å². The van der Waals surface area contributed by atoms with Crippen molar-refractivity contribution < 1.29 is 23.9 Å². The van der Waals surface area contributed by atoms with Crippen LogP contribution in [0.3, 0.4) is 0 Å². The summed E-state index contributed by atoms with van der Waals surface area (Å²) in [7, 11) is 0. The molecule has 4 rings (SSSR count). The Balaban J connectivity index is 1.51. The number of fused-ring (bicyclic) bond motifs is 1. The van der Waals surface area contributed by atoms with Gasteiger partial charge in [0.25, 0.3) is 5.91 Å². The molecule has 1 atom stereocenters. The third kappa shape index (κ3) is 3.30. The summed E-state index contributed by atoms with van der Waals surface area (Å²) in [6.45, 7) is 4.06. The number of benzene rings is 1. The zero-order valence-electron chi connectivity index (χ0n) is 16.5. The van der Waals surface area contributed by atoms with E-state index in [1.54, 1.807) is 23.6 Å². The molecule has 0 radical (unpaired) electrons. The average molecular weight is 400 g/mol. The summed E-state index contributed by atoms with van der Waals surface area (Å²) in [6.07, 6.45) is 0.184. The van der Waals surface area contributed by atoms with Crippen molar-refractivity contribution in [3.63, 3.8) is 0 Å². The monoisotopic (exact) mass is 400 g/mol. The molecule has 29 heavy (non-hydrogen) atoms. The van der Waals surface area contributed by atoms with Crippen molar-refractivity contribution in [2.24, 2.45) is 0 Å². The molecule has 1 aromatic rings. The number of rotatable bonds is 4. The highest BCUT2D eigenvalue weighted by Gasteiger charge is 2.52. The van der Waals surface area contributed by atoms with E-state index in [1.165, 1.54) is 0 Å². The molecule has 3 fully saturated rings. The zero-order chi connectivity index (χ0) is 20.8. The van der Waals surface area contributed by atoms with Gasteiger partial charge in [-0.3, -0.25) is 19.4 Å². The van der Waals surface area contributed by atoms with Crippen molar-refractivity contribution >= 4 is 23.9 Å². The summed E-state index contributed by atoms with van der Waals surface area (Å²) >= 11 is 0. The molecule has 1 aromatic carbocycles. The summed E-state index contributed by atoms with van der Waals surface area (Å²) in [6, 6.07) is 9.17. The van der Waals surface area contributed by atoms with Gasteiger partial charge >= 0.3 is 12.1 Å². The van der Waals surface area contributed by atoms with Gasteiger partial charge in [-0.25, -0.2) is 9.59 Å². The Kier molecular flexibility index (Phi) is 4.48. The molecule has 9 heteroatoms. The second-order valence-corrected chi connectivity index (χ2v) is 8.35. The molecule has 0 spiro atoms. The highest BCUT2D eigenvalue weighted by molar-refractivity contribution is 6.08. The van der Waals surface area contributed by atoms with Crippen LogP contribution in [0.1, 0.15) is 19.4 Å². The molecule has 0 saturated carbocycles. The Morgan fingerprint density at radius 1 is 1.14 bits per heavy atom. The lowest BCUT2D eigenvalue weighted by Crippen LogP contribution is -2.64. The lowest BCUT2D eigenvalue weighted by Gasteiger charge is -2.45. The molecule has 9 nitrogen and oxygen atoms in total. The number of ether oxygens (including phenoxy) is 1. The van der Waals surface area contributed by atoms with Gasteiger partial charge in [-0.1, -0.05) is 30.3 Å². The number of nitrogens with one attached hydrogen (secondary N) is 1. The van der Waals surface area contributed by atoms with E-state index in [9.17, 15) is 19.2 Å². The SMILES string of the molecule is CC1(C)NC(=O)N(CC(=O)N2CCN3C(=O)OCC3(Cc3ccccc3)C2)C1=O. The van der Waals surface area contributed by atoms with E-state index in [4.69, 9.17) is 4.74 Å². The molecule has 3 aliphatic rings. The third-order valence-corrected chi connectivity index (χ3v) is 5.80. The smallest absolute Gasteiger partial charge is 0.410 e. The van der Waals surface area contributed by atoms with Crippen molar-refractivity contribution in [3.8, 4) is 0 Å². The van der Waals surface area contributed by atoms with Gasteiger partial charge in [0.05, 0.1) is 0 Å². The molecule has 0 bridgehead atoms. The maximum absolute atomic E-state index is 12.9. The van der Waals surface area contributed by atoms with E-state index in [-0.39, 0.29) is 25.2 Å². The molecule has 5 amide bonds. The number of hydrogen-bond acceptors (Lipinski definition) is 5. The van der Waals surface area contributed by atoms with Gasteiger partial charge in [0.2, 0.25) is 5.91 Å². The topological polar surface area (TPSA) is 99.3 Å². The minimum Gasteiger partial charge on any atom is -0.447 e. The maximum Gasteiger partial charge on any atom is 0.410 e. The van der Waals surface area contributed by atoms with Crippen LogP contribution >= 0.6 is 0 Å². The van der Waals surface area contributed by atoms with E-state index in [2.05, 4.69) is 5.32 Å². The number of nitrogens with zero attached hydrogens (tertiary/aromatic N) is 3. The fraction of sp³-hybridized carbons (Fsp3) is 0.500. The fourth-order valence-corrected chi connectivity index (χ4v) is 4.25. The summed E-state index contributed by atoms with van der Waals surface area (Å²) in [5.41, 5.74) is -0.625. The molecule has 154 valence electrons. The minimum absolute atomic E-state index is 0.195. The molecule has 3 saturated heterocycles. The number of piperazine rings is 1. The van der Waals surface area contributed by atoms with Crippen LogP contribution in [0.5, 0.6) is 0 Å². The summed E-state index contributed by atoms with van der Waals surface area (Å²) < 4.78 is 5.32. The number of carbonyl (C=O) groups is 4. The van der Waals surface area contributed by atoms with E-state index in [0.29, 0.717) is 26.1 Å². The Morgan fingerprint density at radius 3 is 2.52 bits per heavy atom. The first-order chi connectivity index (χ1) is 13.7. The molecule has 0 aromatic heterocycles. The number of urea groups is 1. The van der Waals surface area contributed by atoms with E-state index >= 15 is 0 Å². The number of imide groups is 1. The summed E-state index contributed by atoms with van der Waals surface area (Å²) in [5.74, 6) is -0.745. The Hall–Kier alpha value is -3.10. The lowest BCUT2D eigenvalue weighted by atomic mass is 9.88. The summed E-state index contributed by atoms with van der Waals surface area (Å²) in [4.78, 5) is 53.9. The van der Waals surface area contributed by atoms with Crippen LogP contribution in [-0.4, -0.2) is 82.5 Å². The maximum atomic E-state index is 12.9. The van der Waals surface area contributed by atoms with Crippen LogP contribution in [-0.2, 0) is 20.7 Å². The zero-order valence-corrected chi connectivity index (χ0v) is 16.5. The fourth-order valence-electron chi connectivity index (χ4n) is 4.25. The largest absolute Gasteiger partial charge is 0.447 e. The van der Waals surface area contributed by atoms with Crippen LogP contribution in [0, 0.1) is 0 Å². The van der Waals surface area contributed by atoms with Gasteiger partial charge < -0.3 is 15.0 Å². The van der Waals surface area contributed by atoms with Crippen LogP contribution in [0.15, 0.2) is 30.3 Å². The Bertz CT molecular complexity index is 871. The van der Waals surface area contributed by atoms with Gasteiger partial charge in [0.1, 0.15) is 24.2 Å². The molecule has 0 aliphatic carbocycles. The molecule has 1 unspecified atom stereocenters. The predicted octanol–water partition coefficient (Wildman–Crippen LogP) is 0.593. The summed E-state index contributed by atoms with van der Waals surface area (Å²) in [5, 5.41) is 2.58. The first kappa shape index (κ1) is 19.2. The highest BCUT2D eigenvalue weighted by Crippen LogP contribution is 2.32. The van der Waals surface area contributed by atoms with Gasteiger partial charge in [0.15, 0.2) is 0 Å².